The molecule has 0 amide bonds. The maximum Gasteiger partial charge on any atom is 0.335 e. The second-order valence-corrected chi connectivity index (χ2v) is 7.95. The van der Waals surface area contributed by atoms with Crippen LogP contribution in [0.3, 0.4) is 0 Å². The fraction of sp³-hybridized carbons (Fsp3) is 1.00. The van der Waals surface area contributed by atoms with E-state index >= 15 is 0 Å². The van der Waals surface area contributed by atoms with Gasteiger partial charge < -0.3 is 9.22 Å². The first-order valence-electron chi connectivity index (χ1n) is 6.60. The lowest BCUT2D eigenvalue weighted by Crippen LogP contribution is -2.45. The van der Waals surface area contributed by atoms with Crippen LogP contribution in [0.1, 0.15) is 58.8 Å². The van der Waals surface area contributed by atoms with Gasteiger partial charge in [-0.05, 0) is 31.4 Å². The van der Waals surface area contributed by atoms with E-state index in [1.165, 1.54) is 25.7 Å². The zero-order valence-corrected chi connectivity index (χ0v) is 11.3. The van der Waals surface area contributed by atoms with Crippen LogP contribution in [-0.4, -0.2) is 19.5 Å². The molecule has 0 spiro atoms. The SMILES string of the molecule is CCCCC1CCC[Si](O)(CCCC)O1. The second kappa shape index (κ2) is 6.66. The van der Waals surface area contributed by atoms with Crippen LogP contribution in [0.2, 0.25) is 12.1 Å². The fourth-order valence-electron chi connectivity index (χ4n) is 2.31. The van der Waals surface area contributed by atoms with Gasteiger partial charge in [-0.15, -0.1) is 0 Å². The second-order valence-electron chi connectivity index (χ2n) is 4.82. The topological polar surface area (TPSA) is 29.5 Å². The van der Waals surface area contributed by atoms with Gasteiger partial charge in [-0.25, -0.2) is 0 Å². The van der Waals surface area contributed by atoms with E-state index in [0.29, 0.717) is 6.10 Å². The minimum atomic E-state index is -2.27. The van der Waals surface area contributed by atoms with Crippen LogP contribution in [0, 0.1) is 0 Å². The summed E-state index contributed by atoms with van der Waals surface area (Å²) in [6.45, 7) is 4.39. The first kappa shape index (κ1) is 13.2. The van der Waals surface area contributed by atoms with E-state index in [0.717, 1.165) is 31.4 Å². The van der Waals surface area contributed by atoms with Crippen LogP contribution in [0.25, 0.3) is 0 Å². The van der Waals surface area contributed by atoms with Gasteiger partial charge in [-0.2, -0.15) is 0 Å². The fourth-order valence-corrected chi connectivity index (χ4v) is 5.31. The Labute approximate surface area is 95.3 Å². The molecule has 2 nitrogen and oxygen atoms in total. The number of hydrogen-bond donors (Lipinski definition) is 1. The van der Waals surface area contributed by atoms with Crippen molar-refractivity contribution >= 4 is 8.56 Å². The van der Waals surface area contributed by atoms with Crippen molar-refractivity contribution < 1.29 is 9.22 Å². The van der Waals surface area contributed by atoms with Gasteiger partial charge in [-0.1, -0.05) is 39.5 Å². The van der Waals surface area contributed by atoms with Crippen LogP contribution < -0.4 is 0 Å². The summed E-state index contributed by atoms with van der Waals surface area (Å²) in [6.07, 6.45) is 8.63. The highest BCUT2D eigenvalue weighted by molar-refractivity contribution is 6.66. The molecule has 2 unspecified atom stereocenters. The third-order valence-electron chi connectivity index (χ3n) is 3.28. The zero-order valence-electron chi connectivity index (χ0n) is 10.3. The lowest BCUT2D eigenvalue weighted by molar-refractivity contribution is 0.105. The highest BCUT2D eigenvalue weighted by atomic mass is 28.4. The Hall–Kier alpha value is 0.137. The summed E-state index contributed by atoms with van der Waals surface area (Å²) in [7, 11) is -2.27. The molecule has 0 aromatic heterocycles. The molecule has 0 bridgehead atoms. The van der Waals surface area contributed by atoms with Crippen molar-refractivity contribution in [3.63, 3.8) is 0 Å². The van der Waals surface area contributed by atoms with E-state index < -0.39 is 8.56 Å². The molecule has 1 aliphatic rings. The summed E-state index contributed by atoms with van der Waals surface area (Å²) in [5.74, 6) is 0. The van der Waals surface area contributed by atoms with Gasteiger partial charge in [0.1, 0.15) is 0 Å². The first-order chi connectivity index (χ1) is 7.20. The highest BCUT2D eigenvalue weighted by Crippen LogP contribution is 2.30. The van der Waals surface area contributed by atoms with Crippen molar-refractivity contribution in [3.05, 3.63) is 0 Å². The molecule has 1 N–H and O–H groups in total. The molecule has 0 radical (unpaired) electrons. The monoisotopic (exact) mass is 230 g/mol. The van der Waals surface area contributed by atoms with E-state index in [9.17, 15) is 4.80 Å². The van der Waals surface area contributed by atoms with Gasteiger partial charge in [0.2, 0.25) is 0 Å². The Bertz CT molecular complexity index is 175. The van der Waals surface area contributed by atoms with Gasteiger partial charge in [0.15, 0.2) is 0 Å². The minimum Gasteiger partial charge on any atom is -0.411 e. The Morgan fingerprint density at radius 3 is 2.67 bits per heavy atom. The van der Waals surface area contributed by atoms with E-state index in [1.54, 1.807) is 0 Å². The minimum absolute atomic E-state index is 0.368. The van der Waals surface area contributed by atoms with Crippen LogP contribution in [0.5, 0.6) is 0 Å². The molecule has 1 heterocycles. The molecule has 15 heavy (non-hydrogen) atoms. The molecule has 3 heteroatoms. The zero-order chi connectivity index (χ0) is 11.1. The van der Waals surface area contributed by atoms with Gasteiger partial charge in [0.05, 0.1) is 0 Å². The predicted octanol–water partition coefficient (Wildman–Crippen LogP) is 3.59. The third-order valence-corrected chi connectivity index (χ3v) is 6.32. The van der Waals surface area contributed by atoms with Crippen molar-refractivity contribution in [3.8, 4) is 0 Å². The van der Waals surface area contributed by atoms with Crippen molar-refractivity contribution in [1.29, 1.82) is 0 Å². The van der Waals surface area contributed by atoms with Crippen molar-refractivity contribution in [2.24, 2.45) is 0 Å². The normalized spacial score (nSPS) is 31.8. The molecular formula is C12H26O2Si. The van der Waals surface area contributed by atoms with Gasteiger partial charge >= 0.3 is 8.56 Å². The molecule has 1 fully saturated rings. The number of rotatable bonds is 6. The molecule has 0 aromatic carbocycles. The van der Waals surface area contributed by atoms with Crippen LogP contribution in [0.4, 0.5) is 0 Å². The summed E-state index contributed by atoms with van der Waals surface area (Å²) in [5.41, 5.74) is 0. The average Bonchev–Trinajstić information content (AvgIpc) is 2.24. The molecular weight excluding hydrogens is 204 g/mol. The van der Waals surface area contributed by atoms with E-state index in [2.05, 4.69) is 13.8 Å². The predicted molar refractivity (Wildman–Crippen MR) is 66.1 cm³/mol. The number of hydrogen-bond acceptors (Lipinski definition) is 2. The van der Waals surface area contributed by atoms with Crippen LogP contribution >= 0.6 is 0 Å². The molecule has 1 aliphatic heterocycles. The molecule has 1 saturated heterocycles. The standard InChI is InChI=1S/C12H26O2Si/c1-3-5-8-12-9-7-11-15(13,14-12)10-6-4-2/h12-13H,3-11H2,1-2H3. The Morgan fingerprint density at radius 2 is 2.00 bits per heavy atom. The average molecular weight is 230 g/mol. The number of unbranched alkanes of at least 4 members (excludes halogenated alkanes) is 2. The summed E-state index contributed by atoms with van der Waals surface area (Å²) >= 11 is 0. The van der Waals surface area contributed by atoms with Gasteiger partial charge in [0.25, 0.3) is 0 Å². The molecule has 1 rings (SSSR count). The molecule has 0 aromatic rings. The summed E-state index contributed by atoms with van der Waals surface area (Å²) in [4.78, 5) is 10.4. The lowest BCUT2D eigenvalue weighted by atomic mass is 10.1. The van der Waals surface area contributed by atoms with Gasteiger partial charge in [0, 0.05) is 6.10 Å². The Morgan fingerprint density at radius 1 is 1.27 bits per heavy atom. The van der Waals surface area contributed by atoms with Gasteiger partial charge in [-0.3, -0.25) is 0 Å². The third kappa shape index (κ3) is 4.66. The molecule has 2 atom stereocenters. The molecule has 0 saturated carbocycles. The molecule has 0 aliphatic carbocycles. The maximum absolute atomic E-state index is 10.4. The van der Waals surface area contributed by atoms with Crippen LogP contribution in [0.15, 0.2) is 0 Å². The summed E-state index contributed by atoms with van der Waals surface area (Å²) < 4.78 is 5.97. The Balaban J connectivity index is 2.32. The molecule has 90 valence electrons. The smallest absolute Gasteiger partial charge is 0.335 e. The lowest BCUT2D eigenvalue weighted by Gasteiger charge is -2.35. The van der Waals surface area contributed by atoms with Crippen LogP contribution in [-0.2, 0) is 4.43 Å². The summed E-state index contributed by atoms with van der Waals surface area (Å²) in [5, 5.41) is 0. The van der Waals surface area contributed by atoms with E-state index in [4.69, 9.17) is 4.43 Å². The maximum atomic E-state index is 10.4. The van der Waals surface area contributed by atoms with Crippen molar-refractivity contribution in [1.82, 2.24) is 0 Å². The largest absolute Gasteiger partial charge is 0.411 e. The van der Waals surface area contributed by atoms with E-state index in [1.807, 2.05) is 0 Å². The van der Waals surface area contributed by atoms with Crippen molar-refractivity contribution in [2.45, 2.75) is 77.0 Å². The highest BCUT2D eigenvalue weighted by Gasteiger charge is 2.38. The quantitative estimate of drug-likeness (QED) is 0.707. The van der Waals surface area contributed by atoms with E-state index in [-0.39, 0.29) is 0 Å². The Kier molecular flexibility index (Phi) is 5.86. The van der Waals surface area contributed by atoms with Crippen molar-refractivity contribution in [2.75, 3.05) is 0 Å². The summed E-state index contributed by atoms with van der Waals surface area (Å²) in [6, 6.07) is 1.92. The first-order valence-corrected chi connectivity index (χ1v) is 8.87.